The highest BCUT2D eigenvalue weighted by atomic mass is 79.9. The maximum absolute atomic E-state index is 12.4. The fourth-order valence-corrected chi connectivity index (χ4v) is 2.95. The Labute approximate surface area is 136 Å². The summed E-state index contributed by atoms with van der Waals surface area (Å²) < 4.78 is 0.744. The van der Waals surface area contributed by atoms with Crippen molar-refractivity contribution < 1.29 is 4.79 Å². The molecular formula is C18H12BrClO. The van der Waals surface area contributed by atoms with Gasteiger partial charge in [0.1, 0.15) is 0 Å². The summed E-state index contributed by atoms with van der Waals surface area (Å²) in [7, 11) is 0. The molecule has 0 unspecified atom stereocenters. The number of halogens is 2. The van der Waals surface area contributed by atoms with Crippen LogP contribution in [0.5, 0.6) is 0 Å². The summed E-state index contributed by atoms with van der Waals surface area (Å²) in [4.78, 5) is 12.4. The Balaban J connectivity index is 1.91. The summed E-state index contributed by atoms with van der Waals surface area (Å²) in [5.41, 5.74) is 1.55. The molecule has 1 nitrogen and oxygen atoms in total. The second-order valence-corrected chi connectivity index (χ2v) is 6.12. The highest BCUT2D eigenvalue weighted by Crippen LogP contribution is 2.27. The topological polar surface area (TPSA) is 17.1 Å². The van der Waals surface area contributed by atoms with Crippen molar-refractivity contribution in [2.24, 2.45) is 0 Å². The first-order chi connectivity index (χ1) is 10.1. The predicted octanol–water partition coefficient (Wildman–Crippen LogP) is 5.68. The molecule has 0 saturated heterocycles. The molecule has 3 aromatic carbocycles. The van der Waals surface area contributed by atoms with Gasteiger partial charge < -0.3 is 0 Å². The molecule has 0 bridgehead atoms. The summed E-state index contributed by atoms with van der Waals surface area (Å²) in [5, 5.41) is 2.79. The van der Waals surface area contributed by atoms with E-state index in [1.807, 2.05) is 36.4 Å². The van der Waals surface area contributed by atoms with Gasteiger partial charge in [-0.2, -0.15) is 0 Å². The fourth-order valence-electron chi connectivity index (χ4n) is 2.35. The van der Waals surface area contributed by atoms with Crippen molar-refractivity contribution in [1.82, 2.24) is 0 Å². The van der Waals surface area contributed by atoms with Gasteiger partial charge in [0.25, 0.3) is 0 Å². The van der Waals surface area contributed by atoms with Gasteiger partial charge in [0, 0.05) is 16.5 Å². The van der Waals surface area contributed by atoms with Gasteiger partial charge in [-0.3, -0.25) is 4.79 Å². The Hall–Kier alpha value is -1.64. The molecule has 0 radical (unpaired) electrons. The Bertz CT molecular complexity index is 826. The first-order valence-electron chi connectivity index (χ1n) is 6.60. The molecule has 0 aliphatic carbocycles. The maximum atomic E-state index is 12.4. The second kappa shape index (κ2) is 6.00. The summed E-state index contributed by atoms with van der Waals surface area (Å²) in [6.07, 6.45) is 0.348. The van der Waals surface area contributed by atoms with Crippen molar-refractivity contribution in [2.75, 3.05) is 0 Å². The van der Waals surface area contributed by atoms with Crippen molar-refractivity contribution in [2.45, 2.75) is 6.42 Å². The molecule has 0 aliphatic heterocycles. The summed E-state index contributed by atoms with van der Waals surface area (Å²) in [6, 6.07) is 19.6. The third-order valence-electron chi connectivity index (χ3n) is 3.43. The molecule has 0 atom stereocenters. The summed E-state index contributed by atoms with van der Waals surface area (Å²) >= 11 is 9.53. The molecule has 0 aliphatic rings. The zero-order chi connectivity index (χ0) is 14.8. The minimum Gasteiger partial charge on any atom is -0.294 e. The van der Waals surface area contributed by atoms with E-state index < -0.39 is 0 Å². The molecule has 21 heavy (non-hydrogen) atoms. The van der Waals surface area contributed by atoms with Crippen LogP contribution in [0.4, 0.5) is 0 Å². The zero-order valence-corrected chi connectivity index (χ0v) is 13.5. The minimum atomic E-state index is 0.0246. The number of hydrogen-bond donors (Lipinski definition) is 0. The van der Waals surface area contributed by atoms with E-state index in [9.17, 15) is 4.79 Å². The van der Waals surface area contributed by atoms with E-state index in [2.05, 4.69) is 34.1 Å². The standard InChI is InChI=1S/C18H12BrClO/c19-16-7-3-6-15(18(16)20)17(21)11-12-8-9-13-4-1-2-5-14(13)10-12/h1-10H,11H2. The fraction of sp³-hybridized carbons (Fsp3) is 0.0556. The number of fused-ring (bicyclic) bond motifs is 1. The van der Waals surface area contributed by atoms with Gasteiger partial charge in [0.05, 0.1) is 5.02 Å². The average molecular weight is 360 g/mol. The molecule has 0 N–H and O–H groups in total. The first kappa shape index (κ1) is 14.3. The SMILES string of the molecule is O=C(Cc1ccc2ccccc2c1)c1cccc(Br)c1Cl. The van der Waals surface area contributed by atoms with Crippen LogP contribution in [0.1, 0.15) is 15.9 Å². The molecule has 104 valence electrons. The molecule has 0 fully saturated rings. The van der Waals surface area contributed by atoms with Crippen LogP contribution in [-0.4, -0.2) is 5.78 Å². The lowest BCUT2D eigenvalue weighted by atomic mass is 10.0. The van der Waals surface area contributed by atoms with Crippen molar-refractivity contribution in [3.8, 4) is 0 Å². The highest BCUT2D eigenvalue weighted by Gasteiger charge is 2.13. The molecule has 3 rings (SSSR count). The first-order valence-corrected chi connectivity index (χ1v) is 7.77. The van der Waals surface area contributed by atoms with Crippen molar-refractivity contribution in [3.05, 3.63) is 81.3 Å². The minimum absolute atomic E-state index is 0.0246. The van der Waals surface area contributed by atoms with Gasteiger partial charge in [-0.25, -0.2) is 0 Å². The molecule has 0 heterocycles. The zero-order valence-electron chi connectivity index (χ0n) is 11.1. The van der Waals surface area contributed by atoms with Gasteiger partial charge >= 0.3 is 0 Å². The van der Waals surface area contributed by atoms with Crippen LogP contribution in [0.25, 0.3) is 10.8 Å². The number of carbonyl (C=O) groups excluding carboxylic acids is 1. The Kier molecular flexibility index (Phi) is 4.09. The summed E-state index contributed by atoms with van der Waals surface area (Å²) in [5.74, 6) is 0.0246. The summed E-state index contributed by atoms with van der Waals surface area (Å²) in [6.45, 7) is 0. The molecule has 0 amide bonds. The van der Waals surface area contributed by atoms with Crippen LogP contribution in [0.3, 0.4) is 0 Å². The molecule has 0 spiro atoms. The monoisotopic (exact) mass is 358 g/mol. The molecule has 3 aromatic rings. The van der Waals surface area contributed by atoms with Crippen molar-refractivity contribution in [1.29, 1.82) is 0 Å². The normalized spacial score (nSPS) is 10.8. The smallest absolute Gasteiger partial charge is 0.168 e. The predicted molar refractivity (Wildman–Crippen MR) is 91.1 cm³/mol. The van der Waals surface area contributed by atoms with Gasteiger partial charge in [-0.15, -0.1) is 0 Å². The second-order valence-electron chi connectivity index (χ2n) is 4.88. The Morgan fingerprint density at radius 3 is 2.52 bits per heavy atom. The van der Waals surface area contributed by atoms with E-state index in [4.69, 9.17) is 11.6 Å². The largest absolute Gasteiger partial charge is 0.294 e. The van der Waals surface area contributed by atoms with E-state index in [1.54, 1.807) is 6.07 Å². The van der Waals surface area contributed by atoms with Gasteiger partial charge in [-0.1, -0.05) is 60.1 Å². The Morgan fingerprint density at radius 2 is 1.71 bits per heavy atom. The van der Waals surface area contributed by atoms with E-state index in [1.165, 1.54) is 5.39 Å². The Morgan fingerprint density at radius 1 is 0.952 bits per heavy atom. The highest BCUT2D eigenvalue weighted by molar-refractivity contribution is 9.10. The van der Waals surface area contributed by atoms with E-state index >= 15 is 0 Å². The quantitative estimate of drug-likeness (QED) is 0.550. The number of Topliss-reactive ketones (excluding diaryl/α,β-unsaturated/α-hetero) is 1. The molecule has 3 heteroatoms. The van der Waals surface area contributed by atoms with Crippen LogP contribution in [0.2, 0.25) is 5.02 Å². The van der Waals surface area contributed by atoms with Gasteiger partial charge in [-0.05, 0) is 44.4 Å². The van der Waals surface area contributed by atoms with E-state index in [0.29, 0.717) is 17.0 Å². The van der Waals surface area contributed by atoms with Crippen LogP contribution in [-0.2, 0) is 6.42 Å². The lowest BCUT2D eigenvalue weighted by molar-refractivity contribution is 0.0993. The number of carbonyl (C=O) groups is 1. The molecule has 0 aromatic heterocycles. The lowest BCUT2D eigenvalue weighted by Crippen LogP contribution is -2.04. The van der Waals surface area contributed by atoms with E-state index in [0.717, 1.165) is 15.4 Å². The number of benzene rings is 3. The number of ketones is 1. The van der Waals surface area contributed by atoms with E-state index in [-0.39, 0.29) is 5.78 Å². The van der Waals surface area contributed by atoms with Crippen LogP contribution in [0, 0.1) is 0 Å². The van der Waals surface area contributed by atoms with Gasteiger partial charge in [0.2, 0.25) is 0 Å². The third kappa shape index (κ3) is 3.02. The maximum Gasteiger partial charge on any atom is 0.168 e. The lowest BCUT2D eigenvalue weighted by Gasteiger charge is -2.06. The van der Waals surface area contributed by atoms with Crippen LogP contribution < -0.4 is 0 Å². The van der Waals surface area contributed by atoms with Crippen molar-refractivity contribution in [3.63, 3.8) is 0 Å². The molecule has 0 saturated carbocycles. The van der Waals surface area contributed by atoms with Crippen LogP contribution in [0.15, 0.2) is 65.1 Å². The van der Waals surface area contributed by atoms with Crippen molar-refractivity contribution >= 4 is 44.1 Å². The van der Waals surface area contributed by atoms with Gasteiger partial charge in [0.15, 0.2) is 5.78 Å². The number of hydrogen-bond acceptors (Lipinski definition) is 1. The molecular weight excluding hydrogens is 348 g/mol. The third-order valence-corrected chi connectivity index (χ3v) is 4.73. The van der Waals surface area contributed by atoms with Crippen LogP contribution >= 0.6 is 27.5 Å². The average Bonchev–Trinajstić information content (AvgIpc) is 2.50. The number of rotatable bonds is 3.